The summed E-state index contributed by atoms with van der Waals surface area (Å²) in [7, 11) is 0. The van der Waals surface area contributed by atoms with Crippen molar-refractivity contribution in [2.75, 3.05) is 5.32 Å². The molecule has 0 atom stereocenters. The second kappa shape index (κ2) is 7.43. The van der Waals surface area contributed by atoms with Gasteiger partial charge in [0.25, 0.3) is 0 Å². The summed E-state index contributed by atoms with van der Waals surface area (Å²) in [5.74, 6) is -0.360. The number of aryl methyl sites for hydroxylation is 1. The molecule has 1 amide bonds. The molecular weight excluding hydrogens is 343 g/mol. The number of alkyl halides is 3. The molecule has 0 spiro atoms. The third kappa shape index (κ3) is 4.30. The van der Waals surface area contributed by atoms with E-state index in [2.05, 4.69) is 10.4 Å². The first kappa shape index (κ1) is 17.7. The van der Waals surface area contributed by atoms with Gasteiger partial charge in [0, 0.05) is 18.8 Å². The molecule has 3 rings (SSSR count). The molecule has 0 bridgehead atoms. The number of carbonyl (C=O) groups is 1. The van der Waals surface area contributed by atoms with E-state index >= 15 is 0 Å². The summed E-state index contributed by atoms with van der Waals surface area (Å²) in [6, 6.07) is 14.3. The van der Waals surface area contributed by atoms with Gasteiger partial charge in [0.15, 0.2) is 0 Å². The van der Waals surface area contributed by atoms with Gasteiger partial charge in [-0.3, -0.25) is 4.79 Å². The lowest BCUT2D eigenvalue weighted by Gasteiger charge is -2.14. The number of nitrogens with zero attached hydrogens (tertiary/aromatic N) is 2. The number of carbonyl (C=O) groups excluding carboxylic acids is 1. The van der Waals surface area contributed by atoms with Crippen molar-refractivity contribution < 1.29 is 18.0 Å². The highest BCUT2D eigenvalue weighted by molar-refractivity contribution is 5.93. The van der Waals surface area contributed by atoms with Gasteiger partial charge in [-0.2, -0.15) is 18.3 Å². The standard InChI is InChI=1S/C19H16F3N3O/c20-19(21,22)15-8-9-17(25-12-4-11-23-25)16(13-15)24-18(26)10-7-14-5-2-1-3-6-14/h1-6,8-9,11-13H,7,10H2,(H,24,26). The van der Waals surface area contributed by atoms with Gasteiger partial charge in [0.2, 0.25) is 5.91 Å². The fraction of sp³-hybridized carbons (Fsp3) is 0.158. The largest absolute Gasteiger partial charge is 0.416 e. The maximum absolute atomic E-state index is 13.0. The highest BCUT2D eigenvalue weighted by Gasteiger charge is 2.31. The van der Waals surface area contributed by atoms with Crippen LogP contribution in [0.1, 0.15) is 17.5 Å². The summed E-state index contributed by atoms with van der Waals surface area (Å²) in [5.41, 5.74) is 0.600. The van der Waals surface area contributed by atoms with Gasteiger partial charge in [0.05, 0.1) is 16.9 Å². The van der Waals surface area contributed by atoms with Crippen LogP contribution in [0.2, 0.25) is 0 Å². The number of nitrogens with one attached hydrogen (secondary N) is 1. The van der Waals surface area contributed by atoms with Crippen LogP contribution in [0.3, 0.4) is 0 Å². The molecule has 0 aliphatic carbocycles. The van der Waals surface area contributed by atoms with Crippen molar-refractivity contribution >= 4 is 11.6 Å². The molecule has 7 heteroatoms. The van der Waals surface area contributed by atoms with Crippen LogP contribution in [0.25, 0.3) is 5.69 Å². The van der Waals surface area contributed by atoms with Gasteiger partial charge < -0.3 is 5.32 Å². The van der Waals surface area contributed by atoms with Crippen LogP contribution in [-0.4, -0.2) is 15.7 Å². The first-order chi connectivity index (χ1) is 12.4. The van der Waals surface area contributed by atoms with Gasteiger partial charge in [-0.15, -0.1) is 0 Å². The van der Waals surface area contributed by atoms with Gasteiger partial charge in [-0.05, 0) is 36.2 Å². The number of anilines is 1. The van der Waals surface area contributed by atoms with Gasteiger partial charge >= 0.3 is 6.18 Å². The van der Waals surface area contributed by atoms with Crippen molar-refractivity contribution in [3.05, 3.63) is 78.1 Å². The minimum Gasteiger partial charge on any atom is -0.324 e. The predicted molar refractivity (Wildman–Crippen MR) is 92.0 cm³/mol. The first-order valence-corrected chi connectivity index (χ1v) is 7.98. The number of hydrogen-bond donors (Lipinski definition) is 1. The Kier molecular flexibility index (Phi) is 5.06. The molecule has 4 nitrogen and oxygen atoms in total. The van der Waals surface area contributed by atoms with Crippen molar-refractivity contribution in [1.29, 1.82) is 0 Å². The minimum atomic E-state index is -4.49. The summed E-state index contributed by atoms with van der Waals surface area (Å²) < 4.78 is 40.5. The average molecular weight is 359 g/mol. The third-order valence-corrected chi connectivity index (χ3v) is 3.83. The van der Waals surface area contributed by atoms with Crippen molar-refractivity contribution in [1.82, 2.24) is 9.78 Å². The molecule has 0 aliphatic heterocycles. The van der Waals surface area contributed by atoms with Crippen LogP contribution in [0.5, 0.6) is 0 Å². The van der Waals surface area contributed by atoms with E-state index in [0.29, 0.717) is 12.1 Å². The summed E-state index contributed by atoms with van der Waals surface area (Å²) in [6.07, 6.45) is -0.714. The molecule has 134 valence electrons. The fourth-order valence-electron chi connectivity index (χ4n) is 2.54. The topological polar surface area (TPSA) is 46.9 Å². The Bertz CT molecular complexity index is 875. The molecule has 0 radical (unpaired) electrons. The van der Waals surface area contributed by atoms with E-state index in [1.54, 1.807) is 12.3 Å². The SMILES string of the molecule is O=C(CCc1ccccc1)Nc1cc(C(F)(F)F)ccc1-n1cccn1. The Morgan fingerprint density at radius 2 is 1.85 bits per heavy atom. The zero-order valence-electron chi connectivity index (χ0n) is 13.7. The number of amides is 1. The van der Waals surface area contributed by atoms with Crippen LogP contribution in [0.4, 0.5) is 18.9 Å². The van der Waals surface area contributed by atoms with E-state index in [1.165, 1.54) is 16.9 Å². The Hall–Kier alpha value is -3.09. The molecule has 0 aliphatic rings. The van der Waals surface area contributed by atoms with E-state index in [-0.39, 0.29) is 18.0 Å². The predicted octanol–water partition coefficient (Wildman–Crippen LogP) is 4.46. The number of rotatable bonds is 5. The number of benzene rings is 2. The summed E-state index contributed by atoms with van der Waals surface area (Å²) >= 11 is 0. The lowest BCUT2D eigenvalue weighted by Crippen LogP contribution is -2.16. The maximum atomic E-state index is 13.0. The molecule has 1 N–H and O–H groups in total. The third-order valence-electron chi connectivity index (χ3n) is 3.83. The number of halogens is 3. The molecule has 2 aromatic carbocycles. The lowest BCUT2D eigenvalue weighted by molar-refractivity contribution is -0.137. The highest BCUT2D eigenvalue weighted by Crippen LogP contribution is 2.33. The molecule has 1 aromatic heterocycles. The maximum Gasteiger partial charge on any atom is 0.416 e. The summed E-state index contributed by atoms with van der Waals surface area (Å²) in [5, 5.41) is 6.61. The Morgan fingerprint density at radius 3 is 2.50 bits per heavy atom. The lowest BCUT2D eigenvalue weighted by atomic mass is 10.1. The molecule has 26 heavy (non-hydrogen) atoms. The highest BCUT2D eigenvalue weighted by atomic mass is 19.4. The van der Waals surface area contributed by atoms with Crippen LogP contribution in [0.15, 0.2) is 67.0 Å². The molecule has 0 fully saturated rings. The molecule has 1 heterocycles. The molecular formula is C19H16F3N3O. The van der Waals surface area contributed by atoms with Gasteiger partial charge in [0.1, 0.15) is 0 Å². The zero-order valence-corrected chi connectivity index (χ0v) is 13.7. The van der Waals surface area contributed by atoms with Gasteiger partial charge in [-0.25, -0.2) is 4.68 Å². The fourth-order valence-corrected chi connectivity index (χ4v) is 2.54. The second-order valence-electron chi connectivity index (χ2n) is 5.71. The molecule has 0 unspecified atom stereocenters. The summed E-state index contributed by atoms with van der Waals surface area (Å²) in [4.78, 5) is 12.2. The monoisotopic (exact) mass is 359 g/mol. The second-order valence-corrected chi connectivity index (χ2v) is 5.71. The Labute approximate surface area is 148 Å². The van der Waals surface area contributed by atoms with Crippen molar-refractivity contribution in [2.45, 2.75) is 19.0 Å². The van der Waals surface area contributed by atoms with E-state index in [1.807, 2.05) is 30.3 Å². The van der Waals surface area contributed by atoms with E-state index in [4.69, 9.17) is 0 Å². The van der Waals surface area contributed by atoms with Crippen LogP contribution >= 0.6 is 0 Å². The van der Waals surface area contributed by atoms with Crippen LogP contribution in [-0.2, 0) is 17.4 Å². The number of hydrogen-bond acceptors (Lipinski definition) is 2. The zero-order chi connectivity index (χ0) is 18.6. The molecule has 3 aromatic rings. The van der Waals surface area contributed by atoms with Gasteiger partial charge in [-0.1, -0.05) is 30.3 Å². The quantitative estimate of drug-likeness (QED) is 0.731. The average Bonchev–Trinajstić information content (AvgIpc) is 3.14. The van der Waals surface area contributed by atoms with E-state index in [9.17, 15) is 18.0 Å². The normalized spacial score (nSPS) is 11.3. The molecule has 0 saturated heterocycles. The summed E-state index contributed by atoms with van der Waals surface area (Å²) in [6.45, 7) is 0. The van der Waals surface area contributed by atoms with Crippen molar-refractivity contribution in [3.63, 3.8) is 0 Å². The number of aromatic nitrogens is 2. The molecule has 0 saturated carbocycles. The Balaban J connectivity index is 1.81. The van der Waals surface area contributed by atoms with E-state index in [0.717, 1.165) is 17.7 Å². The van der Waals surface area contributed by atoms with Crippen molar-refractivity contribution in [3.8, 4) is 5.69 Å². The first-order valence-electron chi connectivity index (χ1n) is 7.98. The van der Waals surface area contributed by atoms with Crippen LogP contribution < -0.4 is 5.32 Å². The van der Waals surface area contributed by atoms with Crippen molar-refractivity contribution in [2.24, 2.45) is 0 Å². The Morgan fingerprint density at radius 1 is 1.08 bits per heavy atom. The van der Waals surface area contributed by atoms with E-state index < -0.39 is 11.7 Å². The smallest absolute Gasteiger partial charge is 0.324 e. The minimum absolute atomic E-state index is 0.0709. The van der Waals surface area contributed by atoms with Crippen LogP contribution in [0, 0.1) is 0 Å².